The van der Waals surface area contributed by atoms with Crippen LogP contribution in [0.1, 0.15) is 48.6 Å². The van der Waals surface area contributed by atoms with Gasteiger partial charge in [0.25, 0.3) is 5.92 Å². The van der Waals surface area contributed by atoms with Crippen LogP contribution in [-0.4, -0.2) is 22.4 Å². The lowest BCUT2D eigenvalue weighted by molar-refractivity contribution is -0.117. The van der Waals surface area contributed by atoms with Crippen LogP contribution < -0.4 is 16.0 Å². The maximum atomic E-state index is 15.5. The molecule has 1 saturated heterocycles. The first-order valence-corrected chi connectivity index (χ1v) is 11.5. The minimum atomic E-state index is -2.91. The van der Waals surface area contributed by atoms with Crippen molar-refractivity contribution in [2.24, 2.45) is 11.7 Å². The molecule has 2 unspecified atom stereocenters. The number of halogens is 3. The van der Waals surface area contributed by atoms with Crippen LogP contribution in [-0.2, 0) is 23.7 Å². The lowest BCUT2D eigenvalue weighted by Gasteiger charge is -2.27. The zero-order valence-electron chi connectivity index (χ0n) is 19.6. The van der Waals surface area contributed by atoms with Gasteiger partial charge in [0.1, 0.15) is 6.33 Å². The number of primary amides is 1. The molecule has 0 aliphatic carbocycles. The smallest absolute Gasteiger partial charge is 0.270 e. The van der Waals surface area contributed by atoms with Gasteiger partial charge in [-0.3, -0.25) is 4.79 Å². The van der Waals surface area contributed by atoms with Gasteiger partial charge in [-0.25, -0.2) is 18.7 Å². The van der Waals surface area contributed by atoms with E-state index in [-0.39, 0.29) is 35.6 Å². The molecule has 2 aromatic carbocycles. The van der Waals surface area contributed by atoms with E-state index < -0.39 is 17.6 Å². The van der Waals surface area contributed by atoms with Crippen molar-refractivity contribution in [2.75, 3.05) is 16.8 Å². The molecular formula is C26H28F3N5O. The van der Waals surface area contributed by atoms with Crippen LogP contribution in [0.15, 0.2) is 54.9 Å². The first-order valence-electron chi connectivity index (χ1n) is 11.5. The third-order valence-corrected chi connectivity index (χ3v) is 6.22. The van der Waals surface area contributed by atoms with Gasteiger partial charge < -0.3 is 16.0 Å². The molecule has 3 aromatic rings. The fraction of sp³-hybridized carbons (Fsp3) is 0.346. The standard InChI is InChI=1S/C26H28F3N5O/c1-16-11-21(19-7-9-20(10-8-19)26(2,28)29)34(14-16)25-23(27)24(32-15-33-25)31-13-18-5-3-17(4-6-18)12-22(30)35/h3-10,15-16,21H,11-14H2,1-2H3,(H2,30,35)(H,31,32,33). The maximum absolute atomic E-state index is 15.5. The van der Waals surface area contributed by atoms with E-state index in [0.29, 0.717) is 13.1 Å². The van der Waals surface area contributed by atoms with E-state index >= 15 is 4.39 Å². The highest BCUT2D eigenvalue weighted by Crippen LogP contribution is 2.40. The van der Waals surface area contributed by atoms with E-state index in [1.165, 1.54) is 18.5 Å². The van der Waals surface area contributed by atoms with E-state index in [4.69, 9.17) is 5.73 Å². The second kappa shape index (κ2) is 9.93. The van der Waals surface area contributed by atoms with Crippen LogP contribution in [0.4, 0.5) is 24.8 Å². The van der Waals surface area contributed by atoms with Crippen LogP contribution in [0.5, 0.6) is 0 Å². The second-order valence-electron chi connectivity index (χ2n) is 9.19. The molecule has 4 rings (SSSR count). The number of rotatable bonds is 8. The predicted octanol–water partition coefficient (Wildman–Crippen LogP) is 4.95. The summed E-state index contributed by atoms with van der Waals surface area (Å²) in [4.78, 5) is 21.2. The molecule has 0 bridgehead atoms. The van der Waals surface area contributed by atoms with Crippen molar-refractivity contribution < 1.29 is 18.0 Å². The summed E-state index contributed by atoms with van der Waals surface area (Å²) in [6, 6.07) is 13.3. The maximum Gasteiger partial charge on any atom is 0.270 e. The number of benzene rings is 2. The highest BCUT2D eigenvalue weighted by molar-refractivity contribution is 5.76. The number of aromatic nitrogens is 2. The van der Waals surface area contributed by atoms with Crippen molar-refractivity contribution in [3.63, 3.8) is 0 Å². The highest BCUT2D eigenvalue weighted by atomic mass is 19.3. The van der Waals surface area contributed by atoms with Gasteiger partial charge in [0, 0.05) is 25.6 Å². The fourth-order valence-corrected chi connectivity index (χ4v) is 4.44. The predicted molar refractivity (Wildman–Crippen MR) is 129 cm³/mol. The van der Waals surface area contributed by atoms with Gasteiger partial charge in [-0.15, -0.1) is 0 Å². The van der Waals surface area contributed by atoms with Crippen LogP contribution in [0.2, 0.25) is 0 Å². The summed E-state index contributed by atoms with van der Waals surface area (Å²) in [6.45, 7) is 3.86. The summed E-state index contributed by atoms with van der Waals surface area (Å²) in [5.74, 6) is -3.34. The molecule has 6 nitrogen and oxygen atoms in total. The van der Waals surface area contributed by atoms with Gasteiger partial charge in [-0.05, 0) is 29.0 Å². The van der Waals surface area contributed by atoms with Gasteiger partial charge >= 0.3 is 0 Å². The number of nitrogens with zero attached hydrogens (tertiary/aromatic N) is 3. The van der Waals surface area contributed by atoms with E-state index in [2.05, 4.69) is 22.2 Å². The molecule has 0 radical (unpaired) electrons. The van der Waals surface area contributed by atoms with E-state index in [0.717, 1.165) is 30.0 Å². The third kappa shape index (κ3) is 5.72. The number of hydrogen-bond acceptors (Lipinski definition) is 5. The van der Waals surface area contributed by atoms with E-state index in [1.807, 2.05) is 17.0 Å². The van der Waals surface area contributed by atoms with Crippen molar-refractivity contribution in [1.82, 2.24) is 9.97 Å². The largest absolute Gasteiger partial charge is 0.369 e. The highest BCUT2D eigenvalue weighted by Gasteiger charge is 2.34. The average molecular weight is 484 g/mol. The Labute approximate surface area is 202 Å². The normalized spacial score (nSPS) is 18.0. The molecule has 2 heterocycles. The molecule has 1 aromatic heterocycles. The molecule has 1 aliphatic heterocycles. The SMILES string of the molecule is CC1CC(c2ccc(C(C)(F)F)cc2)N(c2ncnc(NCc3ccc(CC(N)=O)cc3)c2F)C1. The number of alkyl halides is 2. The van der Waals surface area contributed by atoms with Gasteiger partial charge in [0.15, 0.2) is 11.6 Å². The minimum Gasteiger partial charge on any atom is -0.369 e. The van der Waals surface area contributed by atoms with Crippen LogP contribution in [0.25, 0.3) is 0 Å². The summed E-state index contributed by atoms with van der Waals surface area (Å²) in [7, 11) is 0. The zero-order valence-corrected chi connectivity index (χ0v) is 19.6. The second-order valence-corrected chi connectivity index (χ2v) is 9.19. The number of hydrogen-bond donors (Lipinski definition) is 2. The number of carbonyl (C=O) groups excluding carboxylic acids is 1. The molecular weight excluding hydrogens is 455 g/mol. The van der Waals surface area contributed by atoms with Gasteiger partial charge in [-0.1, -0.05) is 55.5 Å². The zero-order chi connectivity index (χ0) is 25.2. The summed E-state index contributed by atoms with van der Waals surface area (Å²) in [5, 5.41) is 3.02. The molecule has 1 aliphatic rings. The quantitative estimate of drug-likeness (QED) is 0.473. The average Bonchev–Trinajstić information content (AvgIpc) is 3.20. The van der Waals surface area contributed by atoms with Crippen LogP contribution in [0, 0.1) is 11.7 Å². The Morgan fingerprint density at radius 2 is 1.77 bits per heavy atom. The van der Waals surface area contributed by atoms with Crippen molar-refractivity contribution >= 4 is 17.5 Å². The number of nitrogens with one attached hydrogen (secondary N) is 1. The van der Waals surface area contributed by atoms with E-state index in [1.54, 1.807) is 24.3 Å². The Bertz CT molecular complexity index is 1180. The lowest BCUT2D eigenvalue weighted by atomic mass is 9.98. The summed E-state index contributed by atoms with van der Waals surface area (Å²) >= 11 is 0. The fourth-order valence-electron chi connectivity index (χ4n) is 4.44. The molecule has 35 heavy (non-hydrogen) atoms. The van der Waals surface area contributed by atoms with Crippen molar-refractivity contribution in [1.29, 1.82) is 0 Å². The molecule has 3 N–H and O–H groups in total. The molecule has 184 valence electrons. The Morgan fingerprint density at radius 1 is 1.11 bits per heavy atom. The molecule has 1 fully saturated rings. The Balaban J connectivity index is 1.52. The Morgan fingerprint density at radius 3 is 2.40 bits per heavy atom. The molecule has 0 saturated carbocycles. The topological polar surface area (TPSA) is 84.1 Å². The van der Waals surface area contributed by atoms with Crippen LogP contribution >= 0.6 is 0 Å². The summed E-state index contributed by atoms with van der Waals surface area (Å²) < 4.78 is 42.7. The molecule has 1 amide bonds. The first kappa shape index (κ1) is 24.5. The molecule has 0 spiro atoms. The van der Waals surface area contributed by atoms with Gasteiger partial charge in [0.2, 0.25) is 11.7 Å². The van der Waals surface area contributed by atoms with E-state index in [9.17, 15) is 13.6 Å². The van der Waals surface area contributed by atoms with Crippen LogP contribution in [0.3, 0.4) is 0 Å². The lowest BCUT2D eigenvalue weighted by Crippen LogP contribution is -2.26. The Hall–Kier alpha value is -3.62. The third-order valence-electron chi connectivity index (χ3n) is 6.22. The monoisotopic (exact) mass is 483 g/mol. The summed E-state index contributed by atoms with van der Waals surface area (Å²) in [5.41, 5.74) is 7.70. The van der Waals surface area contributed by atoms with Crippen molar-refractivity contribution in [3.05, 3.63) is 82.9 Å². The molecule has 2 atom stereocenters. The molecule has 9 heteroatoms. The van der Waals surface area contributed by atoms with Crippen molar-refractivity contribution in [2.45, 2.75) is 45.2 Å². The number of amides is 1. The number of anilines is 2. The Kier molecular flexibility index (Phi) is 6.95. The first-order chi connectivity index (χ1) is 16.6. The van der Waals surface area contributed by atoms with Gasteiger partial charge in [0.05, 0.1) is 12.5 Å². The minimum absolute atomic E-state index is 0.0544. The number of nitrogens with two attached hydrogens (primary N) is 1. The van der Waals surface area contributed by atoms with Gasteiger partial charge in [-0.2, -0.15) is 4.39 Å². The number of carbonyl (C=O) groups is 1. The van der Waals surface area contributed by atoms with Crippen molar-refractivity contribution in [3.8, 4) is 0 Å². The summed E-state index contributed by atoms with van der Waals surface area (Å²) in [6.07, 6.45) is 2.24.